The number of hydrogen-bond donors (Lipinski definition) is 1. The van der Waals surface area contributed by atoms with E-state index in [1.807, 2.05) is 37.5 Å². The van der Waals surface area contributed by atoms with Crippen molar-refractivity contribution in [3.8, 4) is 0 Å². The van der Waals surface area contributed by atoms with Gasteiger partial charge in [-0.1, -0.05) is 12.1 Å². The average Bonchev–Trinajstić information content (AvgIpc) is 2.45. The summed E-state index contributed by atoms with van der Waals surface area (Å²) in [5.74, 6) is 0.793. The minimum absolute atomic E-state index is 0.685. The Morgan fingerprint density at radius 2 is 2.05 bits per heavy atom. The Labute approximate surface area is 111 Å². The van der Waals surface area contributed by atoms with E-state index in [0.717, 1.165) is 22.6 Å². The zero-order valence-corrected chi connectivity index (χ0v) is 10.7. The molecule has 0 aliphatic heterocycles. The van der Waals surface area contributed by atoms with Gasteiger partial charge in [0.15, 0.2) is 0 Å². The van der Waals surface area contributed by atoms with Crippen LogP contribution in [0.25, 0.3) is 10.8 Å². The minimum atomic E-state index is 0.685. The van der Waals surface area contributed by atoms with Gasteiger partial charge >= 0.3 is 0 Å². The molecule has 0 aliphatic carbocycles. The molecule has 0 aliphatic rings. The summed E-state index contributed by atoms with van der Waals surface area (Å²) in [5.41, 5.74) is 2.08. The van der Waals surface area contributed by atoms with E-state index >= 15 is 0 Å². The van der Waals surface area contributed by atoms with Gasteiger partial charge in [0.25, 0.3) is 0 Å². The second-order valence-corrected chi connectivity index (χ2v) is 4.35. The van der Waals surface area contributed by atoms with Crippen molar-refractivity contribution in [3.63, 3.8) is 0 Å². The van der Waals surface area contributed by atoms with Crippen LogP contribution in [0.3, 0.4) is 0 Å². The number of rotatable bonds is 3. The molecule has 0 fully saturated rings. The Morgan fingerprint density at radius 1 is 1.11 bits per heavy atom. The van der Waals surface area contributed by atoms with Gasteiger partial charge < -0.3 is 5.32 Å². The lowest BCUT2D eigenvalue weighted by Gasteiger charge is -2.09. The van der Waals surface area contributed by atoms with Crippen LogP contribution >= 0.6 is 0 Å². The van der Waals surface area contributed by atoms with Gasteiger partial charge in [-0.15, -0.1) is 0 Å². The van der Waals surface area contributed by atoms with E-state index in [-0.39, 0.29) is 0 Å². The van der Waals surface area contributed by atoms with Crippen LogP contribution in [-0.2, 0) is 6.54 Å². The van der Waals surface area contributed by atoms with Crippen molar-refractivity contribution in [1.82, 2.24) is 15.0 Å². The lowest BCUT2D eigenvalue weighted by molar-refractivity contribution is 0.956. The molecule has 0 bridgehead atoms. The Kier molecular flexibility index (Phi) is 3.06. The third-order valence-corrected chi connectivity index (χ3v) is 2.97. The number of pyridine rings is 1. The van der Waals surface area contributed by atoms with E-state index in [1.54, 1.807) is 6.20 Å². The zero-order valence-electron chi connectivity index (χ0n) is 10.7. The number of hydrogen-bond acceptors (Lipinski definition) is 4. The van der Waals surface area contributed by atoms with Gasteiger partial charge in [-0.25, -0.2) is 9.97 Å². The molecule has 94 valence electrons. The normalized spacial score (nSPS) is 10.6. The highest BCUT2D eigenvalue weighted by molar-refractivity contribution is 5.93. The maximum atomic E-state index is 4.38. The number of aryl methyl sites for hydroxylation is 1. The first-order chi connectivity index (χ1) is 9.33. The van der Waals surface area contributed by atoms with Crippen molar-refractivity contribution >= 4 is 16.5 Å². The topological polar surface area (TPSA) is 50.7 Å². The number of anilines is 1. The summed E-state index contributed by atoms with van der Waals surface area (Å²) in [7, 11) is 0. The van der Waals surface area contributed by atoms with Crippen molar-refractivity contribution in [2.75, 3.05) is 5.32 Å². The maximum absolute atomic E-state index is 4.38. The molecule has 4 nitrogen and oxygen atoms in total. The molecular formula is C15H14N4. The maximum Gasteiger partial charge on any atom is 0.125 e. The Hall–Kier alpha value is -2.49. The second kappa shape index (κ2) is 5.02. The Balaban J connectivity index is 1.86. The molecule has 3 rings (SSSR count). The molecule has 1 N–H and O–H groups in total. The summed E-state index contributed by atoms with van der Waals surface area (Å²) in [5, 5.41) is 5.71. The van der Waals surface area contributed by atoms with E-state index in [9.17, 15) is 0 Å². The Bertz CT molecular complexity index is 704. The summed E-state index contributed by atoms with van der Waals surface area (Å²) in [6.45, 7) is 2.58. The van der Waals surface area contributed by atoms with Gasteiger partial charge in [0.05, 0.1) is 12.2 Å². The molecule has 0 spiro atoms. The van der Waals surface area contributed by atoms with Gasteiger partial charge in [-0.3, -0.25) is 4.98 Å². The highest BCUT2D eigenvalue weighted by Gasteiger charge is 2.01. The summed E-state index contributed by atoms with van der Waals surface area (Å²) in [4.78, 5) is 12.6. The number of nitrogens with one attached hydrogen (secondary N) is 1. The quantitative estimate of drug-likeness (QED) is 0.776. The van der Waals surface area contributed by atoms with Gasteiger partial charge in [0.1, 0.15) is 5.82 Å². The monoisotopic (exact) mass is 250 g/mol. The number of fused-ring (bicyclic) bond motifs is 1. The number of aromatic nitrogens is 3. The van der Waals surface area contributed by atoms with Gasteiger partial charge in [-0.2, -0.15) is 0 Å². The molecule has 3 aromatic rings. The van der Waals surface area contributed by atoms with Gasteiger partial charge in [0, 0.05) is 35.1 Å². The third-order valence-electron chi connectivity index (χ3n) is 2.97. The number of benzene rings is 1. The largest absolute Gasteiger partial charge is 0.379 e. The molecule has 0 saturated carbocycles. The fourth-order valence-corrected chi connectivity index (χ4v) is 2.07. The molecule has 1 aromatic carbocycles. The molecule has 0 unspecified atom stereocenters. The molecule has 2 heterocycles. The summed E-state index contributed by atoms with van der Waals surface area (Å²) in [6, 6.07) is 10.1. The van der Waals surface area contributed by atoms with Crippen molar-refractivity contribution in [2.24, 2.45) is 0 Å². The molecule has 0 amide bonds. The minimum Gasteiger partial charge on any atom is -0.379 e. The van der Waals surface area contributed by atoms with Crippen molar-refractivity contribution < 1.29 is 0 Å². The highest BCUT2D eigenvalue weighted by atomic mass is 14.9. The van der Waals surface area contributed by atoms with E-state index in [4.69, 9.17) is 0 Å². The molecular weight excluding hydrogens is 236 g/mol. The smallest absolute Gasteiger partial charge is 0.125 e. The molecule has 2 aromatic heterocycles. The molecule has 0 atom stereocenters. The van der Waals surface area contributed by atoms with Crippen LogP contribution in [0.1, 0.15) is 11.5 Å². The third kappa shape index (κ3) is 2.52. The van der Waals surface area contributed by atoms with Crippen LogP contribution in [0.5, 0.6) is 0 Å². The predicted molar refractivity (Wildman–Crippen MR) is 75.8 cm³/mol. The van der Waals surface area contributed by atoms with Gasteiger partial charge in [0.2, 0.25) is 0 Å². The molecule has 4 heteroatoms. The number of nitrogens with zero attached hydrogens (tertiary/aromatic N) is 3. The van der Waals surface area contributed by atoms with Crippen molar-refractivity contribution in [2.45, 2.75) is 13.5 Å². The molecule has 19 heavy (non-hydrogen) atoms. The first-order valence-corrected chi connectivity index (χ1v) is 6.18. The average molecular weight is 250 g/mol. The van der Waals surface area contributed by atoms with Crippen molar-refractivity contribution in [3.05, 3.63) is 60.4 Å². The van der Waals surface area contributed by atoms with Crippen LogP contribution in [0.15, 0.2) is 48.9 Å². The highest BCUT2D eigenvalue weighted by Crippen LogP contribution is 2.22. The van der Waals surface area contributed by atoms with Crippen LogP contribution in [0, 0.1) is 6.92 Å². The lowest BCUT2D eigenvalue weighted by atomic mass is 10.1. The molecule has 0 radical (unpaired) electrons. The first kappa shape index (κ1) is 11.6. The van der Waals surface area contributed by atoms with Crippen LogP contribution in [-0.4, -0.2) is 15.0 Å². The fraction of sp³-hybridized carbons (Fsp3) is 0.133. The van der Waals surface area contributed by atoms with Crippen molar-refractivity contribution in [1.29, 1.82) is 0 Å². The van der Waals surface area contributed by atoms with E-state index in [2.05, 4.69) is 32.4 Å². The van der Waals surface area contributed by atoms with E-state index < -0.39 is 0 Å². The lowest BCUT2D eigenvalue weighted by Crippen LogP contribution is -2.03. The summed E-state index contributed by atoms with van der Waals surface area (Å²) >= 11 is 0. The predicted octanol–water partition coefficient (Wildman–Crippen LogP) is 2.95. The summed E-state index contributed by atoms with van der Waals surface area (Å²) < 4.78 is 0. The SMILES string of the molecule is Cc1nccc(CNc2cccc3cnccc23)n1. The van der Waals surface area contributed by atoms with Crippen LogP contribution in [0.4, 0.5) is 5.69 Å². The standard InChI is InChI=1S/C15H14N4/c1-11-17-8-5-13(19-11)10-18-15-4-2-3-12-9-16-7-6-14(12)15/h2-9,18H,10H2,1H3. The van der Waals surface area contributed by atoms with Gasteiger partial charge in [-0.05, 0) is 25.1 Å². The first-order valence-electron chi connectivity index (χ1n) is 6.18. The Morgan fingerprint density at radius 3 is 2.95 bits per heavy atom. The fourth-order valence-electron chi connectivity index (χ4n) is 2.07. The second-order valence-electron chi connectivity index (χ2n) is 4.35. The van der Waals surface area contributed by atoms with E-state index in [0.29, 0.717) is 6.54 Å². The van der Waals surface area contributed by atoms with Crippen LogP contribution in [0.2, 0.25) is 0 Å². The summed E-state index contributed by atoms with van der Waals surface area (Å²) in [6.07, 6.45) is 5.46. The van der Waals surface area contributed by atoms with Crippen LogP contribution < -0.4 is 5.32 Å². The van der Waals surface area contributed by atoms with E-state index in [1.165, 1.54) is 5.39 Å². The molecule has 0 saturated heterocycles. The zero-order chi connectivity index (χ0) is 13.1.